The van der Waals surface area contributed by atoms with Crippen molar-refractivity contribution in [2.24, 2.45) is 0 Å². The minimum absolute atomic E-state index is 0.0975. The lowest BCUT2D eigenvalue weighted by Crippen LogP contribution is -2.34. The molecule has 0 aliphatic heterocycles. The van der Waals surface area contributed by atoms with Crippen molar-refractivity contribution in [1.29, 1.82) is 0 Å². The largest absolute Gasteiger partial charge is 0.490 e. The molecule has 0 bridgehead atoms. The number of benzene rings is 1. The number of hydrogen-bond donors (Lipinski definition) is 1. The van der Waals surface area contributed by atoms with Gasteiger partial charge in [-0.15, -0.1) is 0 Å². The van der Waals surface area contributed by atoms with Crippen molar-refractivity contribution in [2.45, 2.75) is 32.8 Å². The van der Waals surface area contributed by atoms with Crippen LogP contribution < -0.4 is 10.2 Å². The molecule has 1 N–H and O–H groups in total. The summed E-state index contributed by atoms with van der Waals surface area (Å²) >= 11 is 0. The zero-order chi connectivity index (χ0) is 13.6. The van der Waals surface area contributed by atoms with Crippen LogP contribution in [0.3, 0.4) is 0 Å². The normalized spacial score (nSPS) is 11.1. The maximum atomic E-state index is 13.2. The fourth-order valence-corrected chi connectivity index (χ4v) is 1.08. The predicted octanol–water partition coefficient (Wildman–Crippen LogP) is 2.44. The Labute approximate surface area is 106 Å². The van der Waals surface area contributed by atoms with Crippen LogP contribution in [0, 0.1) is 5.82 Å². The van der Waals surface area contributed by atoms with E-state index in [9.17, 15) is 9.18 Å². The van der Waals surface area contributed by atoms with E-state index in [1.165, 1.54) is 12.1 Å². The molecule has 0 saturated carbocycles. The molecule has 1 amide bonds. The van der Waals surface area contributed by atoms with Crippen LogP contribution in [0.2, 0.25) is 0 Å². The minimum Gasteiger partial charge on any atom is -0.490 e. The smallest absolute Gasteiger partial charge is 0.246 e. The predicted molar refractivity (Wildman–Crippen MR) is 65.5 cm³/mol. The molecule has 18 heavy (non-hydrogen) atoms. The number of halogens is 1. The molecule has 5 heteroatoms. The number of hydrogen-bond acceptors (Lipinski definition) is 3. The molecular formula is C13H18FNO3. The van der Waals surface area contributed by atoms with Crippen molar-refractivity contribution >= 4 is 5.91 Å². The van der Waals surface area contributed by atoms with E-state index in [1.807, 2.05) is 20.8 Å². The van der Waals surface area contributed by atoms with Crippen LogP contribution >= 0.6 is 0 Å². The van der Waals surface area contributed by atoms with Gasteiger partial charge < -0.3 is 4.74 Å². The average molecular weight is 255 g/mol. The third-order valence-electron chi connectivity index (χ3n) is 1.89. The van der Waals surface area contributed by atoms with E-state index in [1.54, 1.807) is 12.1 Å². The summed E-state index contributed by atoms with van der Waals surface area (Å²) in [6.45, 7) is 5.57. The third kappa shape index (κ3) is 5.63. The summed E-state index contributed by atoms with van der Waals surface area (Å²) in [5.41, 5.74) is 1.87. The molecule has 1 aromatic rings. The highest BCUT2D eigenvalue weighted by Crippen LogP contribution is 2.15. The van der Waals surface area contributed by atoms with Crippen molar-refractivity contribution in [3.8, 4) is 5.75 Å². The van der Waals surface area contributed by atoms with Crippen LogP contribution in [0.5, 0.6) is 5.75 Å². The van der Waals surface area contributed by atoms with E-state index in [-0.39, 0.29) is 24.7 Å². The second-order valence-electron chi connectivity index (χ2n) is 4.77. The lowest BCUT2D eigenvalue weighted by molar-refractivity contribution is -0.146. The van der Waals surface area contributed by atoms with Gasteiger partial charge >= 0.3 is 0 Å². The van der Waals surface area contributed by atoms with E-state index in [2.05, 4.69) is 5.48 Å². The number of amides is 1. The summed E-state index contributed by atoms with van der Waals surface area (Å²) in [7, 11) is 0. The maximum absolute atomic E-state index is 13.2. The lowest BCUT2D eigenvalue weighted by atomic mass is 10.2. The number of carbonyl (C=O) groups is 1. The molecule has 0 saturated heterocycles. The van der Waals surface area contributed by atoms with Gasteiger partial charge in [-0.1, -0.05) is 12.1 Å². The summed E-state index contributed by atoms with van der Waals surface area (Å²) in [6.07, 6.45) is 0.102. The first kappa shape index (κ1) is 14.4. The van der Waals surface area contributed by atoms with Crippen LogP contribution in [0.15, 0.2) is 24.3 Å². The topological polar surface area (TPSA) is 47.6 Å². The van der Waals surface area contributed by atoms with Gasteiger partial charge in [0, 0.05) is 0 Å². The van der Waals surface area contributed by atoms with E-state index in [4.69, 9.17) is 9.57 Å². The highest BCUT2D eigenvalue weighted by Gasteiger charge is 2.12. The van der Waals surface area contributed by atoms with Crippen LogP contribution in [-0.2, 0) is 9.63 Å². The van der Waals surface area contributed by atoms with E-state index < -0.39 is 11.4 Å². The van der Waals surface area contributed by atoms with E-state index in [0.29, 0.717) is 0 Å². The molecule has 0 heterocycles. The number of rotatable bonds is 5. The zero-order valence-corrected chi connectivity index (χ0v) is 10.8. The third-order valence-corrected chi connectivity index (χ3v) is 1.89. The van der Waals surface area contributed by atoms with Crippen LogP contribution in [0.25, 0.3) is 0 Å². The molecule has 1 rings (SSSR count). The number of nitrogens with one attached hydrogen (secondary N) is 1. The summed E-state index contributed by atoms with van der Waals surface area (Å²) < 4.78 is 18.3. The van der Waals surface area contributed by atoms with Crippen LogP contribution in [-0.4, -0.2) is 18.1 Å². The van der Waals surface area contributed by atoms with E-state index in [0.717, 1.165) is 0 Å². The highest BCUT2D eigenvalue weighted by molar-refractivity contribution is 5.74. The molecule has 0 aliphatic carbocycles. The van der Waals surface area contributed by atoms with E-state index >= 15 is 0 Å². The summed E-state index contributed by atoms with van der Waals surface area (Å²) in [5.74, 6) is -0.604. The molecule has 100 valence electrons. The molecule has 0 aliphatic rings. The number of hydroxylamine groups is 1. The van der Waals surface area contributed by atoms with Crippen molar-refractivity contribution < 1.29 is 18.8 Å². The number of para-hydroxylation sites is 1. The summed E-state index contributed by atoms with van der Waals surface area (Å²) in [4.78, 5) is 16.4. The van der Waals surface area contributed by atoms with Crippen molar-refractivity contribution in [3.63, 3.8) is 0 Å². The van der Waals surface area contributed by atoms with Gasteiger partial charge in [0.1, 0.15) is 0 Å². The van der Waals surface area contributed by atoms with Crippen molar-refractivity contribution in [2.75, 3.05) is 6.61 Å². The van der Waals surface area contributed by atoms with Crippen LogP contribution in [0.1, 0.15) is 27.2 Å². The fourth-order valence-electron chi connectivity index (χ4n) is 1.08. The molecule has 1 aromatic carbocycles. The molecule has 0 radical (unpaired) electrons. The Hall–Kier alpha value is -1.62. The van der Waals surface area contributed by atoms with Crippen LogP contribution in [0.4, 0.5) is 4.39 Å². The molecular weight excluding hydrogens is 237 g/mol. The zero-order valence-electron chi connectivity index (χ0n) is 10.8. The van der Waals surface area contributed by atoms with Gasteiger partial charge in [-0.25, -0.2) is 9.87 Å². The Morgan fingerprint density at radius 3 is 2.61 bits per heavy atom. The summed E-state index contributed by atoms with van der Waals surface area (Å²) in [5, 5.41) is 0. The van der Waals surface area contributed by atoms with Crippen molar-refractivity contribution in [3.05, 3.63) is 30.1 Å². The Morgan fingerprint density at radius 2 is 2.00 bits per heavy atom. The first-order valence-electron chi connectivity index (χ1n) is 5.73. The van der Waals surface area contributed by atoms with Gasteiger partial charge in [-0.2, -0.15) is 0 Å². The SMILES string of the molecule is CC(C)(C)ONC(=O)CCOc1ccccc1F. The first-order valence-corrected chi connectivity index (χ1v) is 5.73. The lowest BCUT2D eigenvalue weighted by Gasteiger charge is -2.18. The average Bonchev–Trinajstić information content (AvgIpc) is 2.28. The van der Waals surface area contributed by atoms with Gasteiger partial charge in [0.05, 0.1) is 18.6 Å². The minimum atomic E-state index is -0.442. The molecule has 0 fully saturated rings. The fraction of sp³-hybridized carbons (Fsp3) is 0.462. The van der Waals surface area contributed by atoms with Gasteiger partial charge in [-0.3, -0.25) is 9.63 Å². The molecule has 0 unspecified atom stereocenters. The standard InChI is InChI=1S/C13H18FNO3/c1-13(2,3)18-15-12(16)8-9-17-11-7-5-4-6-10(11)14/h4-7H,8-9H2,1-3H3,(H,15,16). The Balaban J connectivity index is 2.26. The molecule has 0 atom stereocenters. The molecule has 0 spiro atoms. The number of carbonyl (C=O) groups excluding carboxylic acids is 1. The Kier molecular flexibility index (Phi) is 5.09. The van der Waals surface area contributed by atoms with Crippen molar-refractivity contribution in [1.82, 2.24) is 5.48 Å². The summed E-state index contributed by atoms with van der Waals surface area (Å²) in [6, 6.07) is 6.06. The van der Waals surface area contributed by atoms with Gasteiger partial charge in [0.25, 0.3) is 0 Å². The maximum Gasteiger partial charge on any atom is 0.246 e. The molecule has 4 nitrogen and oxygen atoms in total. The molecule has 0 aromatic heterocycles. The quantitative estimate of drug-likeness (QED) is 0.822. The van der Waals surface area contributed by atoms with Gasteiger partial charge in [0.15, 0.2) is 11.6 Å². The Bertz CT molecular complexity index is 401. The van der Waals surface area contributed by atoms with Gasteiger partial charge in [-0.05, 0) is 32.9 Å². The monoisotopic (exact) mass is 255 g/mol. The second-order valence-corrected chi connectivity index (χ2v) is 4.77. The number of ether oxygens (including phenoxy) is 1. The second kappa shape index (κ2) is 6.35. The highest BCUT2D eigenvalue weighted by atomic mass is 19.1. The first-order chi connectivity index (χ1) is 8.38. The van der Waals surface area contributed by atoms with Gasteiger partial charge in [0.2, 0.25) is 5.91 Å². The Morgan fingerprint density at radius 1 is 1.33 bits per heavy atom.